The van der Waals surface area contributed by atoms with E-state index in [0.29, 0.717) is 5.41 Å². The van der Waals surface area contributed by atoms with Gasteiger partial charge in [0.1, 0.15) is 6.04 Å². The summed E-state index contributed by atoms with van der Waals surface area (Å²) in [6.45, 7) is 0. The Morgan fingerprint density at radius 1 is 1.38 bits per heavy atom. The highest BCUT2D eigenvalue weighted by Gasteiger charge is 2.50. The smallest absolute Gasteiger partial charge is 0.320 e. The second-order valence-corrected chi connectivity index (χ2v) is 4.58. The molecule has 0 radical (unpaired) electrons. The molecule has 2 unspecified atom stereocenters. The summed E-state index contributed by atoms with van der Waals surface area (Å²) in [5, 5.41) is 8.87. The van der Waals surface area contributed by atoms with E-state index < -0.39 is 12.0 Å². The van der Waals surface area contributed by atoms with Gasteiger partial charge in [-0.25, -0.2) is 0 Å². The number of aliphatic carboxylic acids is 1. The van der Waals surface area contributed by atoms with Gasteiger partial charge in [-0.3, -0.25) is 4.79 Å². The second kappa shape index (κ2) is 2.98. The zero-order valence-corrected chi connectivity index (χ0v) is 7.83. The van der Waals surface area contributed by atoms with E-state index in [-0.39, 0.29) is 5.92 Å². The van der Waals surface area contributed by atoms with Crippen LogP contribution in [0.5, 0.6) is 0 Å². The summed E-state index contributed by atoms with van der Waals surface area (Å²) in [5.41, 5.74) is 6.04. The third-order valence-electron chi connectivity index (χ3n) is 4.04. The van der Waals surface area contributed by atoms with Crippen molar-refractivity contribution in [1.82, 2.24) is 0 Å². The Morgan fingerprint density at radius 2 is 2.00 bits per heavy atom. The van der Waals surface area contributed by atoms with E-state index in [1.54, 1.807) is 0 Å². The lowest BCUT2D eigenvalue weighted by Crippen LogP contribution is -2.47. The molecule has 0 amide bonds. The molecule has 2 aliphatic rings. The van der Waals surface area contributed by atoms with E-state index >= 15 is 0 Å². The third-order valence-corrected chi connectivity index (χ3v) is 4.04. The molecular formula is C10H17NO2. The van der Waals surface area contributed by atoms with Gasteiger partial charge < -0.3 is 10.8 Å². The van der Waals surface area contributed by atoms with Crippen molar-refractivity contribution in [3.05, 3.63) is 0 Å². The molecule has 0 aliphatic heterocycles. The van der Waals surface area contributed by atoms with Crippen molar-refractivity contribution in [3.8, 4) is 0 Å². The lowest BCUT2D eigenvalue weighted by atomic mass is 9.61. The average molecular weight is 183 g/mol. The van der Waals surface area contributed by atoms with Crippen LogP contribution in [0.1, 0.15) is 38.5 Å². The molecule has 13 heavy (non-hydrogen) atoms. The average Bonchev–Trinajstić information content (AvgIpc) is 2.44. The summed E-state index contributed by atoms with van der Waals surface area (Å²) in [7, 11) is 0. The molecule has 1 spiro atoms. The molecule has 2 rings (SSSR count). The van der Waals surface area contributed by atoms with E-state index in [1.807, 2.05) is 0 Å². The van der Waals surface area contributed by atoms with Crippen molar-refractivity contribution >= 4 is 5.97 Å². The van der Waals surface area contributed by atoms with Crippen LogP contribution in [0.4, 0.5) is 0 Å². The SMILES string of the molecule is NC(C(=O)O)C1CCCC12CCC2. The fourth-order valence-corrected chi connectivity index (χ4v) is 3.15. The Balaban J connectivity index is 2.09. The van der Waals surface area contributed by atoms with Crippen LogP contribution in [-0.4, -0.2) is 17.1 Å². The summed E-state index contributed by atoms with van der Waals surface area (Å²) in [6.07, 6.45) is 7.08. The van der Waals surface area contributed by atoms with Gasteiger partial charge in [-0.05, 0) is 37.0 Å². The summed E-state index contributed by atoms with van der Waals surface area (Å²) in [4.78, 5) is 10.8. The normalized spacial score (nSPS) is 32.8. The molecule has 0 bridgehead atoms. The Kier molecular flexibility index (Phi) is 2.06. The number of nitrogens with two attached hydrogens (primary N) is 1. The van der Waals surface area contributed by atoms with Crippen LogP contribution in [0.2, 0.25) is 0 Å². The molecule has 0 aromatic carbocycles. The predicted octanol–water partition coefficient (Wildman–Crippen LogP) is 1.37. The van der Waals surface area contributed by atoms with Gasteiger partial charge in [0, 0.05) is 0 Å². The van der Waals surface area contributed by atoms with Crippen LogP contribution in [-0.2, 0) is 4.79 Å². The molecule has 3 nitrogen and oxygen atoms in total. The zero-order valence-electron chi connectivity index (χ0n) is 7.83. The topological polar surface area (TPSA) is 63.3 Å². The fourth-order valence-electron chi connectivity index (χ4n) is 3.15. The highest BCUT2D eigenvalue weighted by molar-refractivity contribution is 5.73. The van der Waals surface area contributed by atoms with Gasteiger partial charge in [0.25, 0.3) is 0 Å². The lowest BCUT2D eigenvalue weighted by Gasteiger charge is -2.45. The number of carbonyl (C=O) groups is 1. The Morgan fingerprint density at radius 3 is 2.46 bits per heavy atom. The van der Waals surface area contributed by atoms with Crippen molar-refractivity contribution in [2.24, 2.45) is 17.1 Å². The molecule has 0 aromatic rings. The van der Waals surface area contributed by atoms with E-state index in [4.69, 9.17) is 10.8 Å². The Labute approximate surface area is 78.3 Å². The van der Waals surface area contributed by atoms with E-state index in [0.717, 1.165) is 6.42 Å². The second-order valence-electron chi connectivity index (χ2n) is 4.58. The molecule has 0 saturated heterocycles. The standard InChI is InChI=1S/C10H17NO2/c11-8(9(12)13)7-3-1-4-10(7)5-2-6-10/h7-8H,1-6,11H2,(H,12,13). The van der Waals surface area contributed by atoms with Crippen LogP contribution in [0.3, 0.4) is 0 Å². The first kappa shape index (κ1) is 9.00. The minimum atomic E-state index is -0.821. The highest BCUT2D eigenvalue weighted by atomic mass is 16.4. The van der Waals surface area contributed by atoms with Gasteiger partial charge >= 0.3 is 5.97 Å². The van der Waals surface area contributed by atoms with Crippen molar-refractivity contribution in [2.45, 2.75) is 44.6 Å². The van der Waals surface area contributed by atoms with Gasteiger partial charge in [-0.1, -0.05) is 12.8 Å². The first-order valence-electron chi connectivity index (χ1n) is 5.14. The Bertz CT molecular complexity index is 223. The third kappa shape index (κ3) is 1.26. The van der Waals surface area contributed by atoms with Crippen molar-refractivity contribution < 1.29 is 9.90 Å². The molecule has 2 fully saturated rings. The van der Waals surface area contributed by atoms with E-state index in [2.05, 4.69) is 0 Å². The molecule has 0 heterocycles. The minimum Gasteiger partial charge on any atom is -0.480 e. The predicted molar refractivity (Wildman–Crippen MR) is 49.2 cm³/mol. The van der Waals surface area contributed by atoms with Crippen LogP contribution in [0.25, 0.3) is 0 Å². The highest BCUT2D eigenvalue weighted by Crippen LogP contribution is 2.57. The van der Waals surface area contributed by atoms with Gasteiger partial charge in [-0.15, -0.1) is 0 Å². The van der Waals surface area contributed by atoms with Crippen molar-refractivity contribution in [2.75, 3.05) is 0 Å². The quantitative estimate of drug-likeness (QED) is 0.679. The maximum atomic E-state index is 10.8. The van der Waals surface area contributed by atoms with Gasteiger partial charge in [0.15, 0.2) is 0 Å². The van der Waals surface area contributed by atoms with E-state index in [1.165, 1.54) is 32.1 Å². The number of carboxylic acids is 1. The number of hydrogen-bond acceptors (Lipinski definition) is 2. The number of hydrogen-bond donors (Lipinski definition) is 2. The van der Waals surface area contributed by atoms with Crippen LogP contribution < -0.4 is 5.73 Å². The monoisotopic (exact) mass is 183 g/mol. The minimum absolute atomic E-state index is 0.249. The maximum absolute atomic E-state index is 10.8. The lowest BCUT2D eigenvalue weighted by molar-refractivity contribution is -0.141. The van der Waals surface area contributed by atoms with Gasteiger partial charge in [0.05, 0.1) is 0 Å². The summed E-state index contributed by atoms with van der Waals surface area (Å²) in [5.74, 6) is -0.572. The summed E-state index contributed by atoms with van der Waals surface area (Å²) >= 11 is 0. The zero-order chi connectivity index (χ0) is 9.47. The number of carboxylic acid groups (broad SMARTS) is 1. The maximum Gasteiger partial charge on any atom is 0.320 e. The van der Waals surface area contributed by atoms with Gasteiger partial charge in [0.2, 0.25) is 0 Å². The molecule has 3 N–H and O–H groups in total. The number of rotatable bonds is 2. The van der Waals surface area contributed by atoms with Crippen LogP contribution in [0, 0.1) is 11.3 Å². The van der Waals surface area contributed by atoms with Crippen LogP contribution >= 0.6 is 0 Å². The van der Waals surface area contributed by atoms with Crippen molar-refractivity contribution in [1.29, 1.82) is 0 Å². The molecule has 2 aliphatic carbocycles. The summed E-state index contributed by atoms with van der Waals surface area (Å²) in [6, 6.07) is -0.622. The first-order valence-corrected chi connectivity index (χ1v) is 5.14. The molecule has 3 heteroatoms. The van der Waals surface area contributed by atoms with Crippen LogP contribution in [0.15, 0.2) is 0 Å². The molecule has 2 atom stereocenters. The first-order chi connectivity index (χ1) is 6.16. The summed E-state index contributed by atoms with van der Waals surface area (Å²) < 4.78 is 0. The largest absolute Gasteiger partial charge is 0.480 e. The fraction of sp³-hybridized carbons (Fsp3) is 0.900. The Hall–Kier alpha value is -0.570. The van der Waals surface area contributed by atoms with Crippen molar-refractivity contribution in [3.63, 3.8) is 0 Å². The molecule has 0 aromatic heterocycles. The molecular weight excluding hydrogens is 166 g/mol. The molecule has 74 valence electrons. The van der Waals surface area contributed by atoms with E-state index in [9.17, 15) is 4.79 Å². The van der Waals surface area contributed by atoms with Gasteiger partial charge in [-0.2, -0.15) is 0 Å². The molecule has 2 saturated carbocycles.